The summed E-state index contributed by atoms with van der Waals surface area (Å²) < 4.78 is 5.26. The molecule has 0 aromatic carbocycles. The fourth-order valence-electron chi connectivity index (χ4n) is 2.24. The number of fused-ring (bicyclic) bond motifs is 1. The summed E-state index contributed by atoms with van der Waals surface area (Å²) in [5.41, 5.74) is 7.69. The maximum Gasteiger partial charge on any atom is 0.266 e. The molecular weight excluding hydrogens is 286 g/mol. The van der Waals surface area contributed by atoms with E-state index in [9.17, 15) is 4.79 Å². The lowest BCUT2D eigenvalue weighted by atomic mass is 10.1. The van der Waals surface area contributed by atoms with Gasteiger partial charge in [0.15, 0.2) is 0 Å². The van der Waals surface area contributed by atoms with Crippen LogP contribution in [0.4, 0.5) is 5.69 Å². The van der Waals surface area contributed by atoms with Gasteiger partial charge in [-0.25, -0.2) is 4.98 Å². The number of rotatable bonds is 3. The van der Waals surface area contributed by atoms with Crippen molar-refractivity contribution in [3.05, 3.63) is 46.9 Å². The Labute approximate surface area is 126 Å². The largest absolute Gasteiger partial charge is 0.467 e. The molecule has 0 aliphatic carbocycles. The second-order valence-electron chi connectivity index (χ2n) is 4.89. The maximum absolute atomic E-state index is 12.6. The van der Waals surface area contributed by atoms with E-state index in [2.05, 4.69) is 4.98 Å². The standard InChI is InChI=1S/C15H15N3O2S/c1-9-5-6-17-14-11(9)12(16)13(21-14)15(19)18(2)8-10-4-3-7-20-10/h3-7H,8,16H2,1-2H3. The average Bonchev–Trinajstić information content (AvgIpc) is 3.07. The highest BCUT2D eigenvalue weighted by Gasteiger charge is 2.21. The second kappa shape index (κ2) is 5.21. The first kappa shape index (κ1) is 13.6. The zero-order chi connectivity index (χ0) is 15.0. The molecule has 0 bridgehead atoms. The molecule has 21 heavy (non-hydrogen) atoms. The van der Waals surface area contributed by atoms with E-state index in [1.165, 1.54) is 11.3 Å². The summed E-state index contributed by atoms with van der Waals surface area (Å²) in [5.74, 6) is 0.617. The molecule has 0 spiro atoms. The van der Waals surface area contributed by atoms with Gasteiger partial charge in [0, 0.05) is 18.6 Å². The van der Waals surface area contributed by atoms with Gasteiger partial charge in [0.05, 0.1) is 18.5 Å². The lowest BCUT2D eigenvalue weighted by Crippen LogP contribution is -2.25. The lowest BCUT2D eigenvalue weighted by Gasteiger charge is -2.15. The van der Waals surface area contributed by atoms with Crippen molar-refractivity contribution >= 4 is 33.1 Å². The van der Waals surface area contributed by atoms with Crippen LogP contribution in [0.2, 0.25) is 0 Å². The molecule has 0 atom stereocenters. The predicted molar refractivity (Wildman–Crippen MR) is 83.3 cm³/mol. The number of nitrogens with two attached hydrogens (primary N) is 1. The van der Waals surface area contributed by atoms with Crippen LogP contribution in [0.5, 0.6) is 0 Å². The zero-order valence-corrected chi connectivity index (χ0v) is 12.6. The third kappa shape index (κ3) is 2.38. The Morgan fingerprint density at radius 1 is 1.48 bits per heavy atom. The quantitative estimate of drug-likeness (QED) is 0.807. The Bertz CT molecular complexity index is 793. The van der Waals surface area contributed by atoms with Crippen LogP contribution in [0.25, 0.3) is 10.2 Å². The van der Waals surface area contributed by atoms with E-state index in [4.69, 9.17) is 10.2 Å². The molecule has 3 aromatic heterocycles. The highest BCUT2D eigenvalue weighted by Crippen LogP contribution is 2.35. The number of nitrogen functional groups attached to an aromatic ring is 1. The minimum atomic E-state index is -0.119. The number of nitrogens with zero attached hydrogens (tertiary/aromatic N) is 2. The molecular formula is C15H15N3O2S. The van der Waals surface area contributed by atoms with E-state index >= 15 is 0 Å². The van der Waals surface area contributed by atoms with Crippen LogP contribution in [0.1, 0.15) is 21.0 Å². The number of anilines is 1. The summed E-state index contributed by atoms with van der Waals surface area (Å²) in [6.07, 6.45) is 3.32. The molecule has 0 aliphatic heterocycles. The first-order valence-electron chi connectivity index (χ1n) is 6.49. The first-order chi connectivity index (χ1) is 10.1. The van der Waals surface area contributed by atoms with Gasteiger partial charge in [-0.15, -0.1) is 11.3 Å². The lowest BCUT2D eigenvalue weighted by molar-refractivity contribution is 0.0781. The van der Waals surface area contributed by atoms with Crippen molar-refractivity contribution in [2.75, 3.05) is 12.8 Å². The van der Waals surface area contributed by atoms with Crippen LogP contribution < -0.4 is 5.73 Å². The van der Waals surface area contributed by atoms with Crippen molar-refractivity contribution in [2.24, 2.45) is 0 Å². The van der Waals surface area contributed by atoms with E-state index < -0.39 is 0 Å². The number of carbonyl (C=O) groups excluding carboxylic acids is 1. The maximum atomic E-state index is 12.6. The molecule has 3 rings (SSSR count). The third-order valence-electron chi connectivity index (χ3n) is 3.35. The molecule has 1 amide bonds. The molecule has 3 heterocycles. The second-order valence-corrected chi connectivity index (χ2v) is 5.89. The molecule has 0 saturated carbocycles. The normalized spacial score (nSPS) is 11.0. The molecule has 2 N–H and O–H groups in total. The number of hydrogen-bond acceptors (Lipinski definition) is 5. The summed E-state index contributed by atoms with van der Waals surface area (Å²) in [6, 6.07) is 5.53. The molecule has 0 aliphatic rings. The monoisotopic (exact) mass is 301 g/mol. The molecule has 0 unspecified atom stereocenters. The van der Waals surface area contributed by atoms with Crippen molar-refractivity contribution in [1.29, 1.82) is 0 Å². The van der Waals surface area contributed by atoms with Crippen LogP contribution in [0, 0.1) is 6.92 Å². The van der Waals surface area contributed by atoms with Gasteiger partial charge in [0.25, 0.3) is 5.91 Å². The third-order valence-corrected chi connectivity index (χ3v) is 4.45. The van der Waals surface area contributed by atoms with E-state index in [0.717, 1.165) is 21.5 Å². The van der Waals surface area contributed by atoms with Gasteiger partial charge in [-0.2, -0.15) is 0 Å². The van der Waals surface area contributed by atoms with Gasteiger partial charge in [-0.05, 0) is 30.7 Å². The van der Waals surface area contributed by atoms with Crippen LogP contribution in [-0.4, -0.2) is 22.8 Å². The minimum Gasteiger partial charge on any atom is -0.467 e. The van der Waals surface area contributed by atoms with Crippen molar-refractivity contribution < 1.29 is 9.21 Å². The van der Waals surface area contributed by atoms with Crippen molar-refractivity contribution in [1.82, 2.24) is 9.88 Å². The number of thiophene rings is 1. The van der Waals surface area contributed by atoms with Crippen molar-refractivity contribution in [2.45, 2.75) is 13.5 Å². The van der Waals surface area contributed by atoms with Crippen LogP contribution in [0.15, 0.2) is 35.1 Å². The molecule has 108 valence electrons. The van der Waals surface area contributed by atoms with Gasteiger partial charge in [-0.1, -0.05) is 0 Å². The number of hydrogen-bond donors (Lipinski definition) is 1. The topological polar surface area (TPSA) is 72.4 Å². The summed E-state index contributed by atoms with van der Waals surface area (Å²) in [6.45, 7) is 2.37. The number of aromatic nitrogens is 1. The predicted octanol–water partition coefficient (Wildman–Crippen LogP) is 3.05. The van der Waals surface area contributed by atoms with Crippen LogP contribution in [-0.2, 0) is 6.54 Å². The number of aryl methyl sites for hydroxylation is 1. The molecule has 5 nitrogen and oxygen atoms in total. The number of amides is 1. The van der Waals surface area contributed by atoms with Crippen molar-refractivity contribution in [3.8, 4) is 0 Å². The van der Waals surface area contributed by atoms with E-state index in [1.807, 2.05) is 19.1 Å². The van der Waals surface area contributed by atoms with Gasteiger partial charge >= 0.3 is 0 Å². The molecule has 0 radical (unpaired) electrons. The highest BCUT2D eigenvalue weighted by atomic mass is 32.1. The smallest absolute Gasteiger partial charge is 0.266 e. The Morgan fingerprint density at radius 2 is 2.29 bits per heavy atom. The van der Waals surface area contributed by atoms with E-state index in [1.54, 1.807) is 30.5 Å². The Kier molecular flexibility index (Phi) is 3.39. The molecule has 0 fully saturated rings. The van der Waals surface area contributed by atoms with Gasteiger partial charge < -0.3 is 15.1 Å². The zero-order valence-electron chi connectivity index (χ0n) is 11.8. The average molecular weight is 301 g/mol. The summed E-state index contributed by atoms with van der Waals surface area (Å²) in [5, 5.41) is 0.872. The minimum absolute atomic E-state index is 0.119. The highest BCUT2D eigenvalue weighted by molar-refractivity contribution is 7.21. The van der Waals surface area contributed by atoms with Gasteiger partial charge in [0.1, 0.15) is 15.5 Å². The van der Waals surface area contributed by atoms with Crippen molar-refractivity contribution in [3.63, 3.8) is 0 Å². The Morgan fingerprint density at radius 3 is 2.95 bits per heavy atom. The first-order valence-corrected chi connectivity index (χ1v) is 7.31. The number of carbonyl (C=O) groups is 1. The van der Waals surface area contributed by atoms with Gasteiger partial charge in [0.2, 0.25) is 0 Å². The Balaban J connectivity index is 1.94. The number of pyridine rings is 1. The summed E-state index contributed by atoms with van der Waals surface area (Å²) in [7, 11) is 1.73. The Hall–Kier alpha value is -2.34. The molecule has 3 aromatic rings. The van der Waals surface area contributed by atoms with Crippen LogP contribution in [0.3, 0.4) is 0 Å². The van der Waals surface area contributed by atoms with Gasteiger partial charge in [-0.3, -0.25) is 4.79 Å². The summed E-state index contributed by atoms with van der Waals surface area (Å²) in [4.78, 5) is 19.8. The summed E-state index contributed by atoms with van der Waals surface area (Å²) >= 11 is 1.33. The fourth-order valence-corrected chi connectivity index (χ4v) is 3.38. The fraction of sp³-hybridized carbons (Fsp3) is 0.200. The van der Waals surface area contributed by atoms with E-state index in [-0.39, 0.29) is 5.91 Å². The SMILES string of the molecule is Cc1ccnc2sc(C(=O)N(C)Cc3ccco3)c(N)c12. The molecule has 6 heteroatoms. The number of furan rings is 1. The van der Waals surface area contributed by atoms with Crippen LogP contribution >= 0.6 is 11.3 Å². The molecule has 0 saturated heterocycles. The van der Waals surface area contributed by atoms with E-state index in [0.29, 0.717) is 17.1 Å².